The Morgan fingerprint density at radius 1 is 1.25 bits per heavy atom. The number of halogens is 2. The number of aromatic nitrogens is 1. The van der Waals surface area contributed by atoms with Crippen molar-refractivity contribution in [3.05, 3.63) is 46.2 Å². The molecule has 1 aromatic carbocycles. The van der Waals surface area contributed by atoms with Crippen molar-refractivity contribution in [1.29, 1.82) is 0 Å². The topological polar surface area (TPSA) is 85.1 Å². The molecule has 0 saturated heterocycles. The fourth-order valence-electron chi connectivity index (χ4n) is 1.56. The van der Waals surface area contributed by atoms with Gasteiger partial charge in [-0.3, -0.25) is 4.72 Å². The third kappa shape index (κ3) is 3.15. The van der Waals surface area contributed by atoms with Gasteiger partial charge in [0.05, 0.1) is 17.6 Å². The Labute approximate surface area is 126 Å². The van der Waals surface area contributed by atoms with E-state index < -0.39 is 10.0 Å². The molecule has 0 amide bonds. The average molecular weight is 332 g/mol. The predicted molar refractivity (Wildman–Crippen MR) is 80.7 cm³/mol. The van der Waals surface area contributed by atoms with E-state index in [-0.39, 0.29) is 15.6 Å². The van der Waals surface area contributed by atoms with Gasteiger partial charge in [0.15, 0.2) is 0 Å². The van der Waals surface area contributed by atoms with Gasteiger partial charge in [0, 0.05) is 5.02 Å². The fraction of sp³-hybridized carbons (Fsp3) is 0.0833. The van der Waals surface area contributed by atoms with Crippen LogP contribution in [0.15, 0.2) is 35.4 Å². The molecule has 0 aliphatic rings. The van der Waals surface area contributed by atoms with Crippen molar-refractivity contribution in [2.45, 2.75) is 11.8 Å². The predicted octanol–water partition coefficient (Wildman–Crippen LogP) is 3.08. The minimum absolute atomic E-state index is 0.0856. The number of anilines is 2. The van der Waals surface area contributed by atoms with Crippen LogP contribution in [0.2, 0.25) is 10.2 Å². The maximum Gasteiger partial charge on any atom is 0.264 e. The Kier molecular flexibility index (Phi) is 4.08. The molecule has 1 aromatic heterocycles. The number of aryl methyl sites for hydroxylation is 1. The van der Waals surface area contributed by atoms with Crippen molar-refractivity contribution in [1.82, 2.24) is 4.98 Å². The van der Waals surface area contributed by atoms with E-state index in [1.807, 2.05) is 0 Å². The van der Waals surface area contributed by atoms with Crippen LogP contribution in [0, 0.1) is 6.92 Å². The van der Waals surface area contributed by atoms with E-state index >= 15 is 0 Å². The first-order valence-electron chi connectivity index (χ1n) is 5.49. The van der Waals surface area contributed by atoms with Gasteiger partial charge in [-0.1, -0.05) is 23.2 Å². The van der Waals surface area contributed by atoms with Crippen molar-refractivity contribution >= 4 is 44.6 Å². The van der Waals surface area contributed by atoms with Gasteiger partial charge in [-0.25, -0.2) is 13.4 Å². The lowest BCUT2D eigenvalue weighted by Gasteiger charge is -2.11. The van der Waals surface area contributed by atoms with E-state index in [1.54, 1.807) is 13.0 Å². The van der Waals surface area contributed by atoms with E-state index in [9.17, 15) is 8.42 Å². The molecule has 0 aliphatic heterocycles. The molecule has 8 heteroatoms. The second-order valence-electron chi connectivity index (χ2n) is 4.12. The second kappa shape index (κ2) is 5.47. The quantitative estimate of drug-likeness (QED) is 0.668. The summed E-state index contributed by atoms with van der Waals surface area (Å²) in [6.07, 6.45) is 1.33. The number of hydrogen-bond acceptors (Lipinski definition) is 4. The van der Waals surface area contributed by atoms with Gasteiger partial charge in [-0.05, 0) is 36.8 Å². The summed E-state index contributed by atoms with van der Waals surface area (Å²) in [7, 11) is -3.84. The van der Waals surface area contributed by atoms with Crippen LogP contribution in [-0.2, 0) is 10.0 Å². The molecule has 0 saturated carbocycles. The maximum absolute atomic E-state index is 12.3. The molecule has 0 aliphatic carbocycles. The smallest absolute Gasteiger partial charge is 0.264 e. The molecule has 0 radical (unpaired) electrons. The number of sulfonamides is 1. The molecule has 0 atom stereocenters. The monoisotopic (exact) mass is 331 g/mol. The molecule has 1 heterocycles. The van der Waals surface area contributed by atoms with Gasteiger partial charge in [-0.15, -0.1) is 0 Å². The van der Waals surface area contributed by atoms with E-state index in [0.29, 0.717) is 16.4 Å². The zero-order chi connectivity index (χ0) is 14.9. The van der Waals surface area contributed by atoms with Crippen molar-refractivity contribution in [2.24, 2.45) is 0 Å². The Bertz CT molecular complexity index is 763. The summed E-state index contributed by atoms with van der Waals surface area (Å²) in [5.41, 5.74) is 6.74. The van der Waals surface area contributed by atoms with Crippen LogP contribution in [0.1, 0.15) is 5.56 Å². The third-order valence-electron chi connectivity index (χ3n) is 2.53. The highest BCUT2D eigenvalue weighted by molar-refractivity contribution is 7.92. The lowest BCUT2D eigenvalue weighted by atomic mass is 10.3. The molecule has 2 rings (SSSR count). The number of nitrogens with zero attached hydrogens (tertiary/aromatic N) is 1. The first-order valence-corrected chi connectivity index (χ1v) is 7.73. The van der Waals surface area contributed by atoms with Gasteiger partial charge in [-0.2, -0.15) is 0 Å². The van der Waals surface area contributed by atoms with E-state index in [2.05, 4.69) is 9.71 Å². The number of pyridine rings is 1. The lowest BCUT2D eigenvalue weighted by Crippen LogP contribution is -2.15. The molecular weight excluding hydrogens is 321 g/mol. The molecule has 3 N–H and O–H groups in total. The summed E-state index contributed by atoms with van der Waals surface area (Å²) in [5.74, 6) is 0. The number of hydrogen-bond donors (Lipinski definition) is 2. The van der Waals surface area contributed by atoms with Crippen LogP contribution in [-0.4, -0.2) is 13.4 Å². The molecule has 2 aromatic rings. The normalized spacial score (nSPS) is 11.3. The van der Waals surface area contributed by atoms with Crippen molar-refractivity contribution in [3.63, 3.8) is 0 Å². The lowest BCUT2D eigenvalue weighted by molar-refractivity contribution is 0.601. The van der Waals surface area contributed by atoms with Crippen molar-refractivity contribution < 1.29 is 8.42 Å². The molecule has 106 valence electrons. The Morgan fingerprint density at radius 3 is 2.60 bits per heavy atom. The van der Waals surface area contributed by atoms with Gasteiger partial charge in [0.2, 0.25) is 0 Å². The van der Waals surface area contributed by atoms with Crippen LogP contribution >= 0.6 is 23.2 Å². The number of benzene rings is 1. The van der Waals surface area contributed by atoms with Crippen LogP contribution in [0.5, 0.6) is 0 Å². The van der Waals surface area contributed by atoms with Gasteiger partial charge < -0.3 is 5.73 Å². The zero-order valence-corrected chi connectivity index (χ0v) is 12.7. The summed E-state index contributed by atoms with van der Waals surface area (Å²) in [5, 5.41) is 0.597. The SMILES string of the molecule is Cc1cc(NS(=O)(=O)c2cc(Cl)ccc2N)cnc1Cl. The number of nitrogens with one attached hydrogen (secondary N) is 1. The highest BCUT2D eigenvalue weighted by Gasteiger charge is 2.18. The number of nitrogen functional groups attached to an aromatic ring is 1. The highest BCUT2D eigenvalue weighted by atomic mass is 35.5. The van der Waals surface area contributed by atoms with Crippen LogP contribution in [0.25, 0.3) is 0 Å². The third-order valence-corrected chi connectivity index (χ3v) is 4.60. The van der Waals surface area contributed by atoms with Crippen LogP contribution < -0.4 is 10.5 Å². The van der Waals surface area contributed by atoms with Crippen LogP contribution in [0.3, 0.4) is 0 Å². The molecule has 0 bridgehead atoms. The minimum atomic E-state index is -3.84. The minimum Gasteiger partial charge on any atom is -0.398 e. The summed E-state index contributed by atoms with van der Waals surface area (Å²) >= 11 is 11.6. The Morgan fingerprint density at radius 2 is 1.95 bits per heavy atom. The van der Waals surface area contributed by atoms with Gasteiger partial charge in [0.1, 0.15) is 10.0 Å². The molecule has 0 unspecified atom stereocenters. The fourth-order valence-corrected chi connectivity index (χ4v) is 3.10. The molecular formula is C12H11Cl2N3O2S. The highest BCUT2D eigenvalue weighted by Crippen LogP contribution is 2.25. The first kappa shape index (κ1) is 14.9. The zero-order valence-electron chi connectivity index (χ0n) is 10.4. The van der Waals surface area contributed by atoms with Crippen molar-refractivity contribution in [3.8, 4) is 0 Å². The molecule has 0 spiro atoms. The molecule has 0 fully saturated rings. The largest absolute Gasteiger partial charge is 0.398 e. The van der Waals surface area contributed by atoms with E-state index in [4.69, 9.17) is 28.9 Å². The van der Waals surface area contributed by atoms with Gasteiger partial charge in [0.25, 0.3) is 10.0 Å². The van der Waals surface area contributed by atoms with E-state index in [1.165, 1.54) is 24.4 Å². The Hall–Kier alpha value is -1.50. The number of nitrogens with two attached hydrogens (primary N) is 1. The summed E-state index contributed by atoms with van der Waals surface area (Å²) in [6.45, 7) is 1.72. The van der Waals surface area contributed by atoms with E-state index in [0.717, 1.165) is 0 Å². The average Bonchev–Trinajstić information content (AvgIpc) is 2.36. The molecule has 5 nitrogen and oxygen atoms in total. The summed E-state index contributed by atoms with van der Waals surface area (Å²) in [4.78, 5) is 3.79. The maximum atomic E-state index is 12.3. The first-order chi connectivity index (χ1) is 9.29. The molecule has 20 heavy (non-hydrogen) atoms. The number of rotatable bonds is 3. The summed E-state index contributed by atoms with van der Waals surface area (Å²) in [6, 6.07) is 5.81. The summed E-state index contributed by atoms with van der Waals surface area (Å²) < 4.78 is 26.9. The van der Waals surface area contributed by atoms with Gasteiger partial charge >= 0.3 is 0 Å². The second-order valence-corrected chi connectivity index (χ2v) is 6.56. The van der Waals surface area contributed by atoms with Crippen molar-refractivity contribution in [2.75, 3.05) is 10.5 Å². The standard InChI is InChI=1S/C12H11Cl2N3O2S/c1-7-4-9(6-16-12(7)14)17-20(18,19)11-5-8(13)2-3-10(11)15/h2-6,17H,15H2,1H3. The Balaban J connectivity index is 2.40. The van der Waals surface area contributed by atoms with Crippen LogP contribution in [0.4, 0.5) is 11.4 Å².